The predicted octanol–water partition coefficient (Wildman–Crippen LogP) is 3.57. The second kappa shape index (κ2) is 7.37. The van der Waals surface area contributed by atoms with Gasteiger partial charge in [0.15, 0.2) is 0 Å². The Balaban J connectivity index is 2.73. The summed E-state index contributed by atoms with van der Waals surface area (Å²) in [6, 6.07) is 0. The molecule has 3 nitrogen and oxygen atoms in total. The van der Waals surface area contributed by atoms with Gasteiger partial charge >= 0.3 is 0 Å². The van der Waals surface area contributed by atoms with Crippen molar-refractivity contribution in [1.82, 2.24) is 14.7 Å². The molecule has 0 fully saturated rings. The van der Waals surface area contributed by atoms with Crippen molar-refractivity contribution in [2.45, 2.75) is 52.1 Å². The van der Waals surface area contributed by atoms with Crippen molar-refractivity contribution in [3.8, 4) is 0 Å². The maximum absolute atomic E-state index is 6.38. The molecule has 104 valence electrons. The van der Waals surface area contributed by atoms with Gasteiger partial charge in [-0.05, 0) is 40.3 Å². The molecular formula is C13H23Cl2N3. The maximum atomic E-state index is 6.38. The summed E-state index contributed by atoms with van der Waals surface area (Å²) in [4.78, 5) is 2.24. The van der Waals surface area contributed by atoms with Crippen molar-refractivity contribution in [2.24, 2.45) is 0 Å². The van der Waals surface area contributed by atoms with Crippen molar-refractivity contribution in [3.05, 3.63) is 16.4 Å². The third-order valence-electron chi connectivity index (χ3n) is 3.02. The first-order valence-electron chi connectivity index (χ1n) is 6.56. The zero-order valence-corrected chi connectivity index (χ0v) is 13.2. The van der Waals surface area contributed by atoms with E-state index in [1.165, 1.54) is 0 Å². The van der Waals surface area contributed by atoms with Gasteiger partial charge in [-0.1, -0.05) is 18.5 Å². The molecule has 0 bridgehead atoms. The fraction of sp³-hybridized carbons (Fsp3) is 0.769. The van der Waals surface area contributed by atoms with Crippen LogP contribution in [0.2, 0.25) is 5.02 Å². The Hall–Kier alpha value is -0.250. The van der Waals surface area contributed by atoms with E-state index in [-0.39, 0.29) is 5.38 Å². The quantitative estimate of drug-likeness (QED) is 0.716. The first-order valence-corrected chi connectivity index (χ1v) is 7.37. The minimum atomic E-state index is 0.213. The summed E-state index contributed by atoms with van der Waals surface area (Å²) in [7, 11) is 2.09. The highest BCUT2D eigenvalue weighted by Gasteiger charge is 2.15. The summed E-state index contributed by atoms with van der Waals surface area (Å²) < 4.78 is 2.00. The van der Waals surface area contributed by atoms with Gasteiger partial charge < -0.3 is 4.90 Å². The Bertz CT molecular complexity index is 375. The van der Waals surface area contributed by atoms with Gasteiger partial charge in [0.2, 0.25) is 0 Å². The van der Waals surface area contributed by atoms with Crippen LogP contribution in [0, 0.1) is 0 Å². The summed E-state index contributed by atoms with van der Waals surface area (Å²) in [5, 5.41) is 5.56. The van der Waals surface area contributed by atoms with Crippen LogP contribution in [0.4, 0.5) is 0 Å². The van der Waals surface area contributed by atoms with E-state index < -0.39 is 0 Å². The van der Waals surface area contributed by atoms with Crippen LogP contribution >= 0.6 is 23.2 Å². The van der Waals surface area contributed by atoms with Crippen molar-refractivity contribution in [2.75, 3.05) is 13.6 Å². The smallest absolute Gasteiger partial charge is 0.0863 e. The standard InChI is InChI=1S/C13H23Cl2N3/c1-5-11-13(15)12(18(6-2)16-11)9-17(4)8-7-10(3)14/h10H,5-9H2,1-4H3. The van der Waals surface area contributed by atoms with Crippen molar-refractivity contribution in [1.29, 1.82) is 0 Å². The van der Waals surface area contributed by atoms with Crippen LogP contribution in [-0.4, -0.2) is 33.6 Å². The first-order chi connectivity index (χ1) is 8.49. The molecule has 0 aliphatic carbocycles. The van der Waals surface area contributed by atoms with Crippen molar-refractivity contribution in [3.63, 3.8) is 0 Å². The highest BCUT2D eigenvalue weighted by atomic mass is 35.5. The predicted molar refractivity (Wildman–Crippen MR) is 78.6 cm³/mol. The number of aryl methyl sites for hydroxylation is 2. The molecule has 5 heteroatoms. The number of nitrogens with zero attached hydrogens (tertiary/aromatic N) is 3. The molecular weight excluding hydrogens is 269 g/mol. The lowest BCUT2D eigenvalue weighted by Crippen LogP contribution is -2.23. The topological polar surface area (TPSA) is 21.1 Å². The molecule has 1 heterocycles. The normalized spacial score (nSPS) is 13.3. The van der Waals surface area contributed by atoms with E-state index in [4.69, 9.17) is 23.2 Å². The van der Waals surface area contributed by atoms with Crippen LogP contribution in [0.1, 0.15) is 38.6 Å². The van der Waals surface area contributed by atoms with E-state index in [0.29, 0.717) is 0 Å². The number of hydrogen-bond donors (Lipinski definition) is 0. The lowest BCUT2D eigenvalue weighted by molar-refractivity contribution is 0.310. The minimum absolute atomic E-state index is 0.213. The van der Waals surface area contributed by atoms with Crippen molar-refractivity contribution >= 4 is 23.2 Å². The Morgan fingerprint density at radius 2 is 2.06 bits per heavy atom. The molecule has 0 saturated carbocycles. The Morgan fingerprint density at radius 1 is 1.39 bits per heavy atom. The Morgan fingerprint density at radius 3 is 2.56 bits per heavy atom. The third-order valence-corrected chi connectivity index (χ3v) is 3.68. The van der Waals surface area contributed by atoms with Gasteiger partial charge in [0.1, 0.15) is 0 Å². The van der Waals surface area contributed by atoms with Crippen LogP contribution < -0.4 is 0 Å². The molecule has 0 aliphatic heterocycles. The number of alkyl halides is 1. The summed E-state index contributed by atoms with van der Waals surface area (Å²) in [6.07, 6.45) is 1.86. The van der Waals surface area contributed by atoms with Crippen molar-refractivity contribution < 1.29 is 0 Å². The van der Waals surface area contributed by atoms with Gasteiger partial charge in [-0.2, -0.15) is 5.10 Å². The van der Waals surface area contributed by atoms with E-state index in [0.717, 1.165) is 48.9 Å². The fourth-order valence-electron chi connectivity index (χ4n) is 1.90. The molecule has 0 amide bonds. The number of halogens is 2. The van der Waals surface area contributed by atoms with E-state index in [2.05, 4.69) is 30.9 Å². The Kier molecular flexibility index (Phi) is 6.47. The molecule has 0 spiro atoms. The minimum Gasteiger partial charge on any atom is -0.300 e. The second-order valence-electron chi connectivity index (χ2n) is 4.68. The zero-order chi connectivity index (χ0) is 13.7. The number of rotatable bonds is 7. The van der Waals surface area contributed by atoms with Gasteiger partial charge in [-0.15, -0.1) is 11.6 Å². The van der Waals surface area contributed by atoms with E-state index >= 15 is 0 Å². The van der Waals surface area contributed by atoms with Gasteiger partial charge in [0, 0.05) is 18.5 Å². The molecule has 0 saturated heterocycles. The molecule has 1 atom stereocenters. The molecule has 0 aromatic carbocycles. The highest BCUT2D eigenvalue weighted by molar-refractivity contribution is 6.31. The van der Waals surface area contributed by atoms with E-state index in [1.54, 1.807) is 0 Å². The summed E-state index contributed by atoms with van der Waals surface area (Å²) in [6.45, 7) is 8.84. The van der Waals surface area contributed by atoms with Gasteiger partial charge in [-0.3, -0.25) is 4.68 Å². The molecule has 1 unspecified atom stereocenters. The highest BCUT2D eigenvalue weighted by Crippen LogP contribution is 2.22. The monoisotopic (exact) mass is 291 g/mol. The number of hydrogen-bond acceptors (Lipinski definition) is 2. The molecule has 18 heavy (non-hydrogen) atoms. The average molecular weight is 292 g/mol. The summed E-state index contributed by atoms with van der Waals surface area (Å²) >= 11 is 12.4. The lowest BCUT2D eigenvalue weighted by atomic mass is 10.2. The van der Waals surface area contributed by atoms with Crippen LogP contribution in [0.5, 0.6) is 0 Å². The second-order valence-corrected chi connectivity index (χ2v) is 5.81. The fourth-order valence-corrected chi connectivity index (χ4v) is 2.33. The van der Waals surface area contributed by atoms with E-state index in [9.17, 15) is 0 Å². The van der Waals surface area contributed by atoms with Gasteiger partial charge in [0.25, 0.3) is 0 Å². The number of aromatic nitrogens is 2. The molecule has 0 aliphatic rings. The molecule has 0 N–H and O–H groups in total. The molecule has 1 aromatic rings. The largest absolute Gasteiger partial charge is 0.300 e. The van der Waals surface area contributed by atoms with Crippen LogP contribution in [0.15, 0.2) is 0 Å². The third kappa shape index (κ3) is 4.15. The Labute approximate surface area is 120 Å². The van der Waals surface area contributed by atoms with Crippen LogP contribution in [0.3, 0.4) is 0 Å². The summed E-state index contributed by atoms with van der Waals surface area (Å²) in [5.41, 5.74) is 2.10. The first kappa shape index (κ1) is 15.8. The van der Waals surface area contributed by atoms with Crippen LogP contribution in [0.25, 0.3) is 0 Å². The van der Waals surface area contributed by atoms with Crippen LogP contribution in [-0.2, 0) is 19.5 Å². The molecule has 0 radical (unpaired) electrons. The average Bonchev–Trinajstić information content (AvgIpc) is 2.63. The van der Waals surface area contributed by atoms with Gasteiger partial charge in [-0.25, -0.2) is 0 Å². The SMILES string of the molecule is CCc1nn(CC)c(CN(C)CCC(C)Cl)c1Cl. The lowest BCUT2D eigenvalue weighted by Gasteiger charge is -2.18. The zero-order valence-electron chi connectivity index (χ0n) is 11.7. The summed E-state index contributed by atoms with van der Waals surface area (Å²) in [5.74, 6) is 0. The van der Waals surface area contributed by atoms with E-state index in [1.807, 2.05) is 11.6 Å². The maximum Gasteiger partial charge on any atom is 0.0863 e. The van der Waals surface area contributed by atoms with Gasteiger partial charge in [0.05, 0.1) is 16.4 Å². The molecule has 1 rings (SSSR count). The molecule has 1 aromatic heterocycles.